The molecule has 1 aliphatic rings. The summed E-state index contributed by atoms with van der Waals surface area (Å²) in [7, 11) is 2.05. The average Bonchev–Trinajstić information content (AvgIpc) is 2.56. The van der Waals surface area contributed by atoms with Gasteiger partial charge in [0.25, 0.3) is 0 Å². The summed E-state index contributed by atoms with van der Waals surface area (Å²) < 4.78 is 2.13. The second-order valence-corrected chi connectivity index (χ2v) is 7.19. The van der Waals surface area contributed by atoms with Crippen LogP contribution in [0.5, 0.6) is 0 Å². The van der Waals surface area contributed by atoms with E-state index in [1.165, 1.54) is 4.90 Å². The smallest absolute Gasteiger partial charge is 0.107 e. The Hall–Kier alpha value is -1.10. The maximum Gasteiger partial charge on any atom is 0.107 e. The number of nitrogens with zero attached hydrogens (tertiary/aromatic N) is 1. The first kappa shape index (κ1) is 13.9. The molecule has 2 aromatic carbocycles. The zero-order chi connectivity index (χ0) is 14.1. The van der Waals surface area contributed by atoms with Crippen LogP contribution in [0.1, 0.15) is 24.2 Å². The second-order valence-electron chi connectivity index (χ2n) is 4.68. The molecule has 4 heteroatoms. The fourth-order valence-corrected chi connectivity index (χ4v) is 4.24. The summed E-state index contributed by atoms with van der Waals surface area (Å²) in [6.45, 7) is 2.15. The minimum absolute atomic E-state index is 0.556. The highest BCUT2D eigenvalue weighted by Gasteiger charge is 2.24. The molecule has 1 atom stereocenters. The molecule has 1 aliphatic heterocycles. The Morgan fingerprint density at radius 2 is 2.00 bits per heavy atom. The number of hydrogen-bond donors (Lipinski definition) is 1. The molecule has 0 amide bonds. The lowest BCUT2D eigenvalue weighted by atomic mass is 10.00. The predicted octanol–water partition coefficient (Wildman–Crippen LogP) is 4.34. The van der Waals surface area contributed by atoms with Crippen molar-refractivity contribution in [1.82, 2.24) is 0 Å². The molecule has 1 N–H and O–H groups in total. The Balaban J connectivity index is 2.10. The molecule has 0 spiro atoms. The number of hydrogen-bond acceptors (Lipinski definition) is 4. The summed E-state index contributed by atoms with van der Waals surface area (Å²) in [5.74, 6) is 1.06. The monoisotopic (exact) mass is 303 g/mol. The highest BCUT2D eigenvalue weighted by atomic mass is 32.2. The minimum Gasteiger partial charge on any atom is -0.384 e. The number of thioether (sulfide) groups is 1. The van der Waals surface area contributed by atoms with Crippen molar-refractivity contribution in [3.63, 3.8) is 0 Å². The van der Waals surface area contributed by atoms with Crippen molar-refractivity contribution in [2.24, 2.45) is 0 Å². The van der Waals surface area contributed by atoms with E-state index in [9.17, 15) is 5.11 Å². The largest absolute Gasteiger partial charge is 0.384 e. The number of rotatable bonds is 2. The Morgan fingerprint density at radius 1 is 1.20 bits per heavy atom. The van der Waals surface area contributed by atoms with Crippen LogP contribution in [-0.4, -0.2) is 17.9 Å². The molecular weight excluding hydrogens is 286 g/mol. The summed E-state index contributed by atoms with van der Waals surface area (Å²) >= 11 is 3.51. The first-order chi connectivity index (χ1) is 9.70. The van der Waals surface area contributed by atoms with Crippen molar-refractivity contribution in [2.75, 3.05) is 17.1 Å². The average molecular weight is 303 g/mol. The van der Waals surface area contributed by atoms with Crippen LogP contribution in [0.25, 0.3) is 0 Å². The molecule has 0 bridgehead atoms. The van der Waals surface area contributed by atoms with E-state index < -0.39 is 6.10 Å². The van der Waals surface area contributed by atoms with Gasteiger partial charge >= 0.3 is 0 Å². The number of para-hydroxylation sites is 1. The first-order valence-electron chi connectivity index (χ1n) is 6.66. The third-order valence-corrected chi connectivity index (χ3v) is 5.29. The topological polar surface area (TPSA) is 23.5 Å². The number of benzene rings is 2. The molecule has 0 radical (unpaired) electrons. The molecule has 1 unspecified atom stereocenters. The van der Waals surface area contributed by atoms with E-state index >= 15 is 0 Å². The summed E-state index contributed by atoms with van der Waals surface area (Å²) in [6.07, 6.45) is -0.556. The molecule has 0 aromatic heterocycles. The molecule has 0 fully saturated rings. The predicted molar refractivity (Wildman–Crippen MR) is 87.6 cm³/mol. The lowest BCUT2D eigenvalue weighted by molar-refractivity contribution is 0.218. The van der Waals surface area contributed by atoms with Gasteiger partial charge in [-0.25, -0.2) is 0 Å². The van der Waals surface area contributed by atoms with Crippen LogP contribution in [0.2, 0.25) is 0 Å². The van der Waals surface area contributed by atoms with E-state index in [0.717, 1.165) is 27.5 Å². The molecule has 3 rings (SSSR count). The third-order valence-electron chi connectivity index (χ3n) is 3.40. The normalized spacial score (nSPS) is 17.4. The van der Waals surface area contributed by atoms with Crippen molar-refractivity contribution < 1.29 is 5.11 Å². The number of fused-ring (bicyclic) bond motifs is 2. The van der Waals surface area contributed by atoms with E-state index in [4.69, 9.17) is 0 Å². The molecule has 0 saturated carbocycles. The lowest BCUT2D eigenvalue weighted by Gasteiger charge is -2.18. The van der Waals surface area contributed by atoms with Crippen LogP contribution in [0, 0.1) is 0 Å². The quantitative estimate of drug-likeness (QED) is 0.658. The number of aliphatic hydroxyl groups is 1. The highest BCUT2D eigenvalue weighted by Crippen LogP contribution is 2.43. The summed E-state index contributed by atoms with van der Waals surface area (Å²) in [4.78, 5) is 2.39. The Morgan fingerprint density at radius 3 is 2.80 bits per heavy atom. The van der Waals surface area contributed by atoms with Crippen molar-refractivity contribution in [1.29, 1.82) is 0 Å². The third kappa shape index (κ3) is 2.43. The zero-order valence-electron chi connectivity index (χ0n) is 11.5. The number of anilines is 1. The second kappa shape index (κ2) is 5.72. The van der Waals surface area contributed by atoms with Gasteiger partial charge < -0.3 is 9.41 Å². The summed E-state index contributed by atoms with van der Waals surface area (Å²) in [5.41, 5.74) is 3.04. The van der Waals surface area contributed by atoms with Crippen molar-refractivity contribution >= 4 is 29.4 Å². The minimum atomic E-state index is -0.556. The van der Waals surface area contributed by atoms with Crippen LogP contribution in [0.15, 0.2) is 52.3 Å². The van der Waals surface area contributed by atoms with Crippen molar-refractivity contribution in [3.8, 4) is 0 Å². The molecular formula is C16H17NOS2. The van der Waals surface area contributed by atoms with Gasteiger partial charge in [0.1, 0.15) is 6.10 Å². The van der Waals surface area contributed by atoms with Gasteiger partial charge in [-0.3, -0.25) is 0 Å². The van der Waals surface area contributed by atoms with Gasteiger partial charge in [-0.05, 0) is 35.9 Å². The number of aliphatic hydroxyl groups excluding tert-OH is 1. The molecule has 1 heterocycles. The molecule has 0 saturated heterocycles. The van der Waals surface area contributed by atoms with Crippen LogP contribution in [0.4, 0.5) is 5.69 Å². The zero-order valence-corrected chi connectivity index (χ0v) is 13.2. The van der Waals surface area contributed by atoms with E-state index in [0.29, 0.717) is 0 Å². The van der Waals surface area contributed by atoms with E-state index in [1.54, 1.807) is 11.9 Å². The van der Waals surface area contributed by atoms with E-state index in [1.807, 2.05) is 37.0 Å². The van der Waals surface area contributed by atoms with Gasteiger partial charge in [0.05, 0.1) is 5.69 Å². The van der Waals surface area contributed by atoms with Gasteiger partial charge in [-0.1, -0.05) is 31.2 Å². The lowest BCUT2D eigenvalue weighted by Crippen LogP contribution is -2.07. The van der Waals surface area contributed by atoms with Crippen LogP contribution >= 0.6 is 23.7 Å². The van der Waals surface area contributed by atoms with Gasteiger partial charge in [-0.15, -0.1) is 11.8 Å². The van der Waals surface area contributed by atoms with Gasteiger partial charge in [0.2, 0.25) is 0 Å². The van der Waals surface area contributed by atoms with E-state index in [-0.39, 0.29) is 0 Å². The highest BCUT2D eigenvalue weighted by molar-refractivity contribution is 8.01. The molecule has 0 aliphatic carbocycles. The SMILES string of the molecule is CCSc1ccc2c(c1)SN(C)c1ccccc1C2O. The molecule has 2 nitrogen and oxygen atoms in total. The molecule has 20 heavy (non-hydrogen) atoms. The maximum absolute atomic E-state index is 10.7. The Bertz CT molecular complexity index is 630. The van der Waals surface area contributed by atoms with Crippen LogP contribution < -0.4 is 4.31 Å². The summed E-state index contributed by atoms with van der Waals surface area (Å²) in [5, 5.41) is 10.7. The van der Waals surface area contributed by atoms with E-state index in [2.05, 4.69) is 35.5 Å². The van der Waals surface area contributed by atoms with Crippen LogP contribution in [-0.2, 0) is 0 Å². The fraction of sp³-hybridized carbons (Fsp3) is 0.250. The van der Waals surface area contributed by atoms with Crippen molar-refractivity contribution in [2.45, 2.75) is 22.8 Å². The van der Waals surface area contributed by atoms with Crippen LogP contribution in [0.3, 0.4) is 0 Å². The van der Waals surface area contributed by atoms with Gasteiger partial charge in [0.15, 0.2) is 0 Å². The Kier molecular flexibility index (Phi) is 3.96. The molecule has 104 valence electrons. The standard InChI is InChI=1S/C16H17NOS2/c1-3-19-11-8-9-13-15(10-11)20-17(2)14-7-5-4-6-12(14)16(13)18/h4-10,16,18H,3H2,1-2H3. The fourth-order valence-electron chi connectivity index (χ4n) is 2.45. The van der Waals surface area contributed by atoms with Gasteiger partial charge in [-0.2, -0.15) is 0 Å². The Labute approximate surface area is 128 Å². The van der Waals surface area contributed by atoms with Gasteiger partial charge in [0, 0.05) is 28.0 Å². The summed E-state index contributed by atoms with van der Waals surface area (Å²) in [6, 6.07) is 14.4. The maximum atomic E-state index is 10.7. The first-order valence-corrected chi connectivity index (χ1v) is 8.42. The van der Waals surface area contributed by atoms with Crippen molar-refractivity contribution in [3.05, 3.63) is 53.6 Å². The molecule has 2 aromatic rings.